The monoisotopic (exact) mass is 494 g/mol. The number of nitro groups is 1. The number of pyridine rings is 1. The Labute approximate surface area is 211 Å². The van der Waals surface area contributed by atoms with Gasteiger partial charge in [0.15, 0.2) is 0 Å². The number of nitro benzene ring substituents is 1. The van der Waals surface area contributed by atoms with Gasteiger partial charge in [0.25, 0.3) is 5.69 Å². The lowest BCUT2D eigenvalue weighted by Gasteiger charge is -2.31. The number of aryl methyl sites for hydroxylation is 1. The number of carbonyl (C=O) groups is 1. The predicted octanol–water partition coefficient (Wildman–Crippen LogP) is 5.37. The van der Waals surface area contributed by atoms with E-state index in [-0.39, 0.29) is 16.7 Å². The van der Waals surface area contributed by atoms with Crippen molar-refractivity contribution in [2.24, 2.45) is 0 Å². The van der Waals surface area contributed by atoms with E-state index in [0.29, 0.717) is 36.7 Å². The number of benzene rings is 1. The van der Waals surface area contributed by atoms with Crippen molar-refractivity contribution in [2.75, 3.05) is 31.1 Å². The highest BCUT2D eigenvalue weighted by Crippen LogP contribution is 2.28. The van der Waals surface area contributed by atoms with E-state index < -0.39 is 5.60 Å². The molecule has 9 heteroatoms. The maximum Gasteiger partial charge on any atom is 0.416 e. The first kappa shape index (κ1) is 25.5. The molecule has 192 valence electrons. The number of hydrogen-bond acceptors (Lipinski definition) is 7. The molecular weight excluding hydrogens is 460 g/mol. The van der Waals surface area contributed by atoms with Crippen LogP contribution in [0.5, 0.6) is 5.75 Å². The first-order chi connectivity index (χ1) is 17.2. The summed E-state index contributed by atoms with van der Waals surface area (Å²) in [6.45, 7) is 8.42. The average molecular weight is 495 g/mol. The third-order valence-corrected chi connectivity index (χ3v) is 6.14. The van der Waals surface area contributed by atoms with E-state index in [2.05, 4.69) is 4.90 Å². The van der Waals surface area contributed by atoms with Gasteiger partial charge in [-0.15, -0.1) is 0 Å². The summed E-state index contributed by atoms with van der Waals surface area (Å²) in [7, 11) is 0. The molecular formula is C27H34N4O5. The smallest absolute Gasteiger partial charge is 0.416 e. The first-order valence-electron chi connectivity index (χ1n) is 12.5. The molecule has 0 bridgehead atoms. The summed E-state index contributed by atoms with van der Waals surface area (Å²) in [5, 5.41) is 11.5. The molecule has 9 nitrogen and oxygen atoms in total. The third kappa shape index (κ3) is 6.53. The van der Waals surface area contributed by atoms with Crippen LogP contribution < -0.4 is 9.64 Å². The molecule has 0 spiro atoms. The van der Waals surface area contributed by atoms with Gasteiger partial charge in [0.1, 0.15) is 17.2 Å². The number of anilines is 1. The van der Waals surface area contributed by atoms with E-state index in [1.54, 1.807) is 23.1 Å². The average Bonchev–Trinajstić information content (AvgIpc) is 3.35. The lowest BCUT2D eigenvalue weighted by Crippen LogP contribution is -2.40. The second-order valence-corrected chi connectivity index (χ2v) is 10.2. The zero-order chi connectivity index (χ0) is 25.7. The number of ether oxygens (including phenoxy) is 2. The minimum Gasteiger partial charge on any atom is -0.493 e. The Hall–Kier alpha value is -3.62. The number of hydrogen-bond donors (Lipinski definition) is 0. The molecule has 2 aliphatic rings. The van der Waals surface area contributed by atoms with Crippen LogP contribution in [0.25, 0.3) is 6.08 Å². The van der Waals surface area contributed by atoms with Crippen molar-refractivity contribution < 1.29 is 19.2 Å². The Kier molecular flexibility index (Phi) is 7.76. The second-order valence-electron chi connectivity index (χ2n) is 10.2. The van der Waals surface area contributed by atoms with Crippen molar-refractivity contribution in [3.63, 3.8) is 0 Å². The molecule has 4 rings (SSSR count). The number of fused-ring (bicyclic) bond motifs is 1. The summed E-state index contributed by atoms with van der Waals surface area (Å²) in [5.41, 5.74) is 1.83. The van der Waals surface area contributed by atoms with E-state index >= 15 is 0 Å². The maximum absolute atomic E-state index is 12.7. The number of carbonyl (C=O) groups excluding carboxylic acids is 1. The van der Waals surface area contributed by atoms with Crippen molar-refractivity contribution in [3.8, 4) is 5.75 Å². The molecule has 1 saturated heterocycles. The van der Waals surface area contributed by atoms with Gasteiger partial charge in [-0.25, -0.2) is 9.78 Å². The highest BCUT2D eigenvalue weighted by molar-refractivity contribution is 5.88. The Balaban J connectivity index is 1.42. The molecule has 0 saturated carbocycles. The minimum absolute atomic E-state index is 0.0522. The van der Waals surface area contributed by atoms with E-state index in [1.807, 2.05) is 39.1 Å². The van der Waals surface area contributed by atoms with Crippen molar-refractivity contribution in [1.29, 1.82) is 0 Å². The lowest BCUT2D eigenvalue weighted by molar-refractivity contribution is -0.385. The van der Waals surface area contributed by atoms with Crippen LogP contribution in [0.4, 0.5) is 16.3 Å². The van der Waals surface area contributed by atoms with Crippen LogP contribution in [0.3, 0.4) is 0 Å². The summed E-state index contributed by atoms with van der Waals surface area (Å²) in [6, 6.07) is 8.78. The van der Waals surface area contributed by atoms with Crippen LogP contribution in [0.15, 0.2) is 36.5 Å². The van der Waals surface area contributed by atoms with Gasteiger partial charge >= 0.3 is 6.09 Å². The summed E-state index contributed by atoms with van der Waals surface area (Å²) >= 11 is 0. The van der Waals surface area contributed by atoms with E-state index in [1.165, 1.54) is 6.07 Å². The Morgan fingerprint density at radius 2 is 1.92 bits per heavy atom. The van der Waals surface area contributed by atoms with Crippen LogP contribution in [0.1, 0.15) is 56.9 Å². The molecule has 0 aliphatic carbocycles. The van der Waals surface area contributed by atoms with Gasteiger partial charge < -0.3 is 14.4 Å². The van der Waals surface area contributed by atoms with Gasteiger partial charge in [0.2, 0.25) is 0 Å². The zero-order valence-corrected chi connectivity index (χ0v) is 21.2. The van der Waals surface area contributed by atoms with Crippen LogP contribution in [0.2, 0.25) is 0 Å². The van der Waals surface area contributed by atoms with Gasteiger partial charge in [-0.1, -0.05) is 6.07 Å². The van der Waals surface area contributed by atoms with E-state index in [4.69, 9.17) is 14.5 Å². The fraction of sp³-hybridized carbons (Fsp3) is 0.481. The molecule has 36 heavy (non-hydrogen) atoms. The van der Waals surface area contributed by atoms with Gasteiger partial charge in [0, 0.05) is 37.8 Å². The standard InChI is InChI=1S/C27H34N4O5/c1-27(2,3)36-26(32)30-16-6-7-20-8-9-22(28-25(20)30)13-18-35-23-10-11-24(31(33)34)21(19-23)12-17-29-14-4-5-15-29/h8-12,17,19H,4-7,13-16,18H2,1-3H3. The fourth-order valence-electron chi connectivity index (χ4n) is 4.38. The summed E-state index contributed by atoms with van der Waals surface area (Å²) < 4.78 is 11.5. The Bertz CT molecular complexity index is 1140. The largest absolute Gasteiger partial charge is 0.493 e. The first-order valence-corrected chi connectivity index (χ1v) is 12.5. The lowest BCUT2D eigenvalue weighted by atomic mass is 10.1. The summed E-state index contributed by atoms with van der Waals surface area (Å²) in [5.74, 6) is 1.22. The van der Waals surface area contributed by atoms with Crippen molar-refractivity contribution in [1.82, 2.24) is 9.88 Å². The number of amides is 1. The molecule has 2 aromatic rings. The molecule has 0 unspecified atom stereocenters. The highest BCUT2D eigenvalue weighted by atomic mass is 16.6. The van der Waals surface area contributed by atoms with Crippen LogP contribution in [-0.2, 0) is 17.6 Å². The van der Waals surface area contributed by atoms with Crippen LogP contribution in [0, 0.1) is 10.1 Å². The van der Waals surface area contributed by atoms with Crippen molar-refractivity contribution in [3.05, 3.63) is 63.5 Å². The van der Waals surface area contributed by atoms with Crippen molar-refractivity contribution >= 4 is 23.7 Å². The SMILES string of the molecule is CC(C)(C)OC(=O)N1CCCc2ccc(CCOc3ccc([N+](=O)[O-])c(C=CN4CCCC4)c3)nc21. The minimum atomic E-state index is -0.576. The number of likely N-dealkylation sites (tertiary alicyclic amines) is 1. The maximum atomic E-state index is 12.7. The van der Waals surface area contributed by atoms with Gasteiger partial charge in [-0.3, -0.25) is 15.0 Å². The molecule has 2 aliphatic heterocycles. The third-order valence-electron chi connectivity index (χ3n) is 6.14. The molecule has 0 N–H and O–H groups in total. The number of nitrogens with zero attached hydrogens (tertiary/aromatic N) is 4. The molecule has 1 aromatic heterocycles. The zero-order valence-electron chi connectivity index (χ0n) is 21.2. The normalized spacial score (nSPS) is 15.8. The molecule has 0 atom stereocenters. The molecule has 1 amide bonds. The van der Waals surface area contributed by atoms with Crippen LogP contribution in [-0.4, -0.2) is 52.7 Å². The van der Waals surface area contributed by atoms with E-state index in [9.17, 15) is 14.9 Å². The molecule has 1 fully saturated rings. The van der Waals surface area contributed by atoms with Gasteiger partial charge in [0.05, 0.1) is 17.1 Å². The molecule has 1 aromatic carbocycles. The van der Waals surface area contributed by atoms with E-state index in [0.717, 1.165) is 50.0 Å². The van der Waals surface area contributed by atoms with Gasteiger partial charge in [-0.05, 0) is 82.5 Å². The number of rotatable bonds is 7. The summed E-state index contributed by atoms with van der Waals surface area (Å²) in [6.07, 6.45) is 7.87. The fourth-order valence-corrected chi connectivity index (χ4v) is 4.38. The number of aromatic nitrogens is 1. The summed E-state index contributed by atoms with van der Waals surface area (Å²) in [4.78, 5) is 32.3. The Morgan fingerprint density at radius 1 is 1.14 bits per heavy atom. The van der Waals surface area contributed by atoms with Crippen LogP contribution >= 0.6 is 0 Å². The second kappa shape index (κ2) is 11.0. The highest BCUT2D eigenvalue weighted by Gasteiger charge is 2.28. The quantitative estimate of drug-likeness (QED) is 0.377. The predicted molar refractivity (Wildman–Crippen MR) is 138 cm³/mol. The topological polar surface area (TPSA) is 98.0 Å². The molecule has 3 heterocycles. The van der Waals surface area contributed by atoms with Crippen molar-refractivity contribution in [2.45, 2.75) is 58.5 Å². The molecule has 0 radical (unpaired) electrons. The Morgan fingerprint density at radius 3 is 2.64 bits per heavy atom. The van der Waals surface area contributed by atoms with Gasteiger partial charge in [-0.2, -0.15) is 0 Å².